The van der Waals surface area contributed by atoms with Crippen molar-refractivity contribution in [2.45, 2.75) is 6.92 Å². The SMILES string of the molecule is CCSCCOc1cc2ccccc2cc1O. The third kappa shape index (κ3) is 3.07. The molecule has 0 atom stereocenters. The monoisotopic (exact) mass is 248 g/mol. The molecule has 0 saturated carbocycles. The van der Waals surface area contributed by atoms with Crippen LogP contribution in [0.2, 0.25) is 0 Å². The molecule has 2 rings (SSSR count). The second-order valence-corrected chi connectivity index (χ2v) is 5.11. The van der Waals surface area contributed by atoms with Crippen molar-refractivity contribution in [3.05, 3.63) is 36.4 Å². The molecule has 0 saturated heterocycles. The second kappa shape index (κ2) is 5.82. The van der Waals surface area contributed by atoms with Crippen molar-refractivity contribution >= 4 is 22.5 Å². The Kier molecular flexibility index (Phi) is 4.15. The van der Waals surface area contributed by atoms with Crippen LogP contribution in [0.1, 0.15) is 6.92 Å². The van der Waals surface area contributed by atoms with Gasteiger partial charge in [0.25, 0.3) is 0 Å². The predicted molar refractivity (Wildman–Crippen MR) is 74.1 cm³/mol. The van der Waals surface area contributed by atoms with Crippen LogP contribution in [0.3, 0.4) is 0 Å². The van der Waals surface area contributed by atoms with Crippen LogP contribution in [-0.2, 0) is 0 Å². The minimum Gasteiger partial charge on any atom is -0.504 e. The first-order valence-electron chi connectivity index (χ1n) is 5.73. The average Bonchev–Trinajstić information content (AvgIpc) is 2.35. The van der Waals surface area contributed by atoms with Crippen molar-refractivity contribution in [2.24, 2.45) is 0 Å². The van der Waals surface area contributed by atoms with E-state index in [1.54, 1.807) is 6.07 Å². The van der Waals surface area contributed by atoms with E-state index in [2.05, 4.69) is 6.92 Å². The highest BCUT2D eigenvalue weighted by Crippen LogP contribution is 2.31. The van der Waals surface area contributed by atoms with Gasteiger partial charge in [-0.3, -0.25) is 0 Å². The van der Waals surface area contributed by atoms with Gasteiger partial charge in [-0.25, -0.2) is 0 Å². The second-order valence-electron chi connectivity index (χ2n) is 3.71. The van der Waals surface area contributed by atoms with Crippen LogP contribution in [0.25, 0.3) is 10.8 Å². The highest BCUT2D eigenvalue weighted by atomic mass is 32.2. The molecule has 1 N–H and O–H groups in total. The Bertz CT molecular complexity index is 497. The summed E-state index contributed by atoms with van der Waals surface area (Å²) in [6, 6.07) is 11.6. The van der Waals surface area contributed by atoms with E-state index in [4.69, 9.17) is 4.74 Å². The van der Waals surface area contributed by atoms with E-state index in [0.29, 0.717) is 12.4 Å². The smallest absolute Gasteiger partial charge is 0.161 e. The summed E-state index contributed by atoms with van der Waals surface area (Å²) < 4.78 is 5.58. The fourth-order valence-corrected chi connectivity index (χ4v) is 2.17. The van der Waals surface area contributed by atoms with Crippen LogP contribution in [0.5, 0.6) is 11.5 Å². The summed E-state index contributed by atoms with van der Waals surface area (Å²) >= 11 is 1.83. The van der Waals surface area contributed by atoms with E-state index in [-0.39, 0.29) is 5.75 Å². The van der Waals surface area contributed by atoms with Crippen molar-refractivity contribution in [1.82, 2.24) is 0 Å². The summed E-state index contributed by atoms with van der Waals surface area (Å²) in [5.41, 5.74) is 0. The first kappa shape index (κ1) is 12.1. The molecule has 0 aliphatic rings. The third-order valence-corrected chi connectivity index (χ3v) is 3.38. The minimum absolute atomic E-state index is 0.213. The van der Waals surface area contributed by atoms with Gasteiger partial charge in [0.2, 0.25) is 0 Å². The molecule has 0 aliphatic heterocycles. The van der Waals surface area contributed by atoms with Gasteiger partial charge in [-0.1, -0.05) is 31.2 Å². The lowest BCUT2D eigenvalue weighted by molar-refractivity contribution is 0.322. The number of hydrogen-bond donors (Lipinski definition) is 1. The Hall–Kier alpha value is -1.35. The average molecular weight is 248 g/mol. The quantitative estimate of drug-likeness (QED) is 0.818. The number of ether oxygens (including phenoxy) is 1. The zero-order valence-electron chi connectivity index (χ0n) is 9.85. The summed E-state index contributed by atoms with van der Waals surface area (Å²) in [6.07, 6.45) is 0. The standard InChI is InChI=1S/C14H16O2S/c1-2-17-8-7-16-14-10-12-6-4-3-5-11(12)9-13(14)15/h3-6,9-10,15H,2,7-8H2,1H3. The minimum atomic E-state index is 0.213. The van der Waals surface area contributed by atoms with Crippen molar-refractivity contribution < 1.29 is 9.84 Å². The molecule has 0 aromatic heterocycles. The largest absolute Gasteiger partial charge is 0.504 e. The maximum Gasteiger partial charge on any atom is 0.161 e. The van der Waals surface area contributed by atoms with Crippen molar-refractivity contribution in [3.63, 3.8) is 0 Å². The first-order chi connectivity index (χ1) is 8.31. The fourth-order valence-electron chi connectivity index (χ4n) is 1.68. The number of benzene rings is 2. The molecular weight excluding hydrogens is 232 g/mol. The van der Waals surface area contributed by atoms with Crippen molar-refractivity contribution in [1.29, 1.82) is 0 Å². The maximum atomic E-state index is 9.83. The highest BCUT2D eigenvalue weighted by Gasteiger charge is 2.04. The first-order valence-corrected chi connectivity index (χ1v) is 6.89. The Morgan fingerprint density at radius 2 is 1.88 bits per heavy atom. The van der Waals surface area contributed by atoms with Crippen LogP contribution in [0.15, 0.2) is 36.4 Å². The zero-order valence-corrected chi connectivity index (χ0v) is 10.7. The van der Waals surface area contributed by atoms with E-state index < -0.39 is 0 Å². The number of hydrogen-bond acceptors (Lipinski definition) is 3. The van der Waals surface area contributed by atoms with Gasteiger partial charge in [0.1, 0.15) is 0 Å². The van der Waals surface area contributed by atoms with E-state index in [0.717, 1.165) is 22.3 Å². The fraction of sp³-hybridized carbons (Fsp3) is 0.286. The predicted octanol–water partition coefficient (Wildman–Crippen LogP) is 3.68. The molecule has 0 aliphatic carbocycles. The van der Waals surface area contributed by atoms with E-state index in [9.17, 15) is 5.11 Å². The van der Waals surface area contributed by atoms with Gasteiger partial charge in [-0.15, -0.1) is 0 Å². The van der Waals surface area contributed by atoms with E-state index >= 15 is 0 Å². The topological polar surface area (TPSA) is 29.5 Å². The molecule has 2 nitrogen and oxygen atoms in total. The van der Waals surface area contributed by atoms with Crippen LogP contribution in [-0.4, -0.2) is 23.2 Å². The van der Waals surface area contributed by atoms with Gasteiger partial charge >= 0.3 is 0 Å². The number of rotatable bonds is 5. The van der Waals surface area contributed by atoms with E-state index in [1.807, 2.05) is 42.1 Å². The lowest BCUT2D eigenvalue weighted by atomic mass is 10.1. The van der Waals surface area contributed by atoms with Crippen LogP contribution in [0, 0.1) is 0 Å². The Morgan fingerprint density at radius 1 is 1.18 bits per heavy atom. The van der Waals surface area contributed by atoms with Gasteiger partial charge in [-0.05, 0) is 28.7 Å². The Morgan fingerprint density at radius 3 is 2.59 bits per heavy atom. The molecule has 0 radical (unpaired) electrons. The van der Waals surface area contributed by atoms with Crippen molar-refractivity contribution in [3.8, 4) is 11.5 Å². The van der Waals surface area contributed by atoms with E-state index in [1.165, 1.54) is 0 Å². The lowest BCUT2D eigenvalue weighted by Crippen LogP contribution is -2.00. The molecule has 2 aromatic carbocycles. The molecule has 0 heterocycles. The zero-order chi connectivity index (χ0) is 12.1. The lowest BCUT2D eigenvalue weighted by Gasteiger charge is -2.09. The summed E-state index contributed by atoms with van der Waals surface area (Å²) in [6.45, 7) is 2.75. The maximum absolute atomic E-state index is 9.83. The van der Waals surface area contributed by atoms with Crippen molar-refractivity contribution in [2.75, 3.05) is 18.1 Å². The molecule has 2 aromatic rings. The molecule has 0 unspecified atom stereocenters. The van der Waals surface area contributed by atoms with Gasteiger partial charge in [-0.2, -0.15) is 11.8 Å². The molecule has 3 heteroatoms. The normalized spacial score (nSPS) is 10.6. The summed E-state index contributed by atoms with van der Waals surface area (Å²) in [4.78, 5) is 0. The number of fused-ring (bicyclic) bond motifs is 1. The van der Waals surface area contributed by atoms with Gasteiger partial charge in [0.15, 0.2) is 11.5 Å². The molecule has 17 heavy (non-hydrogen) atoms. The molecule has 0 fully saturated rings. The summed E-state index contributed by atoms with van der Waals surface area (Å²) in [5.74, 6) is 2.82. The van der Waals surface area contributed by atoms with Gasteiger partial charge < -0.3 is 9.84 Å². The molecule has 0 bridgehead atoms. The third-order valence-electron chi connectivity index (χ3n) is 2.52. The molecular formula is C14H16O2S. The van der Waals surface area contributed by atoms with Gasteiger partial charge in [0, 0.05) is 5.75 Å². The number of thioether (sulfide) groups is 1. The Labute approximate surface area is 106 Å². The Balaban J connectivity index is 2.14. The van der Waals surface area contributed by atoms with Crippen LogP contribution < -0.4 is 4.74 Å². The van der Waals surface area contributed by atoms with Crippen LogP contribution in [0.4, 0.5) is 0 Å². The number of aromatic hydroxyl groups is 1. The molecule has 0 spiro atoms. The van der Waals surface area contributed by atoms with Gasteiger partial charge in [0.05, 0.1) is 6.61 Å². The number of phenolic OH excluding ortho intramolecular Hbond substituents is 1. The molecule has 0 amide bonds. The molecule has 90 valence electrons. The summed E-state index contributed by atoms with van der Waals surface area (Å²) in [7, 11) is 0. The summed E-state index contributed by atoms with van der Waals surface area (Å²) in [5, 5.41) is 11.9. The highest BCUT2D eigenvalue weighted by molar-refractivity contribution is 7.99. The number of phenols is 1. The van der Waals surface area contributed by atoms with Crippen LogP contribution >= 0.6 is 11.8 Å².